The van der Waals surface area contributed by atoms with Crippen LogP contribution in [-0.4, -0.2) is 47.7 Å². The SMILES string of the molecule is O=C(O)C1COCCN1C(=O)C[C@@H]1C[C@H]1c1ccccc1. The summed E-state index contributed by atoms with van der Waals surface area (Å²) in [5.74, 6) is -0.260. The molecule has 1 amide bonds. The Bertz CT molecular complexity index is 530. The van der Waals surface area contributed by atoms with Crippen LogP contribution in [0.5, 0.6) is 0 Å². The van der Waals surface area contributed by atoms with Gasteiger partial charge in [0, 0.05) is 13.0 Å². The standard InChI is InChI=1S/C16H19NO4/c18-15(17-6-7-21-10-14(17)16(19)20)9-12-8-13(12)11-4-2-1-3-5-11/h1-5,12-14H,6-10H2,(H,19,20)/t12-,13-,14?/m0/s1. The summed E-state index contributed by atoms with van der Waals surface area (Å²) >= 11 is 0. The van der Waals surface area contributed by atoms with Gasteiger partial charge in [-0.2, -0.15) is 0 Å². The van der Waals surface area contributed by atoms with E-state index in [4.69, 9.17) is 9.84 Å². The number of carbonyl (C=O) groups is 2. The van der Waals surface area contributed by atoms with E-state index in [2.05, 4.69) is 12.1 Å². The molecule has 5 nitrogen and oxygen atoms in total. The molecule has 0 spiro atoms. The molecule has 1 saturated heterocycles. The molecule has 0 radical (unpaired) electrons. The van der Waals surface area contributed by atoms with Gasteiger partial charge in [-0.3, -0.25) is 4.79 Å². The molecule has 1 heterocycles. The molecule has 1 aromatic carbocycles. The van der Waals surface area contributed by atoms with E-state index in [9.17, 15) is 9.59 Å². The monoisotopic (exact) mass is 289 g/mol. The summed E-state index contributed by atoms with van der Waals surface area (Å²) in [6, 6.07) is 9.34. The van der Waals surface area contributed by atoms with E-state index in [1.54, 1.807) is 0 Å². The molecular weight excluding hydrogens is 270 g/mol. The van der Waals surface area contributed by atoms with Gasteiger partial charge < -0.3 is 14.7 Å². The van der Waals surface area contributed by atoms with Crippen LogP contribution in [0.2, 0.25) is 0 Å². The van der Waals surface area contributed by atoms with E-state index in [1.807, 2.05) is 18.2 Å². The van der Waals surface area contributed by atoms with Gasteiger partial charge in [0.25, 0.3) is 0 Å². The van der Waals surface area contributed by atoms with Gasteiger partial charge >= 0.3 is 5.97 Å². The normalized spacial score (nSPS) is 28.2. The average Bonchev–Trinajstić information content (AvgIpc) is 3.27. The maximum atomic E-state index is 12.3. The van der Waals surface area contributed by atoms with Gasteiger partial charge in [-0.1, -0.05) is 30.3 Å². The van der Waals surface area contributed by atoms with Crippen molar-refractivity contribution in [3.8, 4) is 0 Å². The quantitative estimate of drug-likeness (QED) is 0.912. The molecule has 1 unspecified atom stereocenters. The van der Waals surface area contributed by atoms with E-state index in [0.717, 1.165) is 6.42 Å². The van der Waals surface area contributed by atoms with Crippen molar-refractivity contribution in [1.82, 2.24) is 4.90 Å². The first-order chi connectivity index (χ1) is 10.2. The summed E-state index contributed by atoms with van der Waals surface area (Å²) in [4.78, 5) is 25.0. The number of aliphatic carboxylic acids is 1. The first-order valence-corrected chi connectivity index (χ1v) is 7.32. The van der Waals surface area contributed by atoms with E-state index in [0.29, 0.717) is 31.4 Å². The maximum absolute atomic E-state index is 12.3. The second kappa shape index (κ2) is 5.85. The zero-order valence-electron chi connectivity index (χ0n) is 11.8. The Labute approximate surface area is 123 Å². The van der Waals surface area contributed by atoms with Gasteiger partial charge in [0.15, 0.2) is 6.04 Å². The zero-order valence-corrected chi connectivity index (χ0v) is 11.8. The summed E-state index contributed by atoms with van der Waals surface area (Å²) in [6.45, 7) is 0.884. The van der Waals surface area contributed by atoms with Crippen molar-refractivity contribution in [3.05, 3.63) is 35.9 Å². The van der Waals surface area contributed by atoms with Crippen LogP contribution in [0.1, 0.15) is 24.3 Å². The second-order valence-corrected chi connectivity index (χ2v) is 5.73. The van der Waals surface area contributed by atoms with Crippen molar-refractivity contribution < 1.29 is 19.4 Å². The van der Waals surface area contributed by atoms with E-state index >= 15 is 0 Å². The third kappa shape index (κ3) is 3.08. The number of carboxylic acid groups (broad SMARTS) is 1. The number of nitrogens with zero attached hydrogens (tertiary/aromatic N) is 1. The molecule has 1 aliphatic carbocycles. The smallest absolute Gasteiger partial charge is 0.328 e. The molecule has 3 rings (SSSR count). The second-order valence-electron chi connectivity index (χ2n) is 5.73. The van der Waals surface area contributed by atoms with Crippen LogP contribution >= 0.6 is 0 Å². The van der Waals surface area contributed by atoms with Gasteiger partial charge in [-0.05, 0) is 23.8 Å². The molecule has 0 bridgehead atoms. The summed E-state index contributed by atoms with van der Waals surface area (Å²) in [5, 5.41) is 9.16. The van der Waals surface area contributed by atoms with Crippen LogP contribution in [0.4, 0.5) is 0 Å². The Kier molecular flexibility index (Phi) is 3.92. The largest absolute Gasteiger partial charge is 0.480 e. The van der Waals surface area contributed by atoms with Crippen LogP contribution in [0, 0.1) is 5.92 Å². The molecular formula is C16H19NO4. The maximum Gasteiger partial charge on any atom is 0.328 e. The number of carbonyl (C=O) groups excluding carboxylic acids is 1. The summed E-state index contributed by atoms with van der Waals surface area (Å²) in [6.07, 6.45) is 1.45. The molecule has 1 saturated carbocycles. The zero-order chi connectivity index (χ0) is 14.8. The molecule has 5 heteroatoms. The molecule has 1 N–H and O–H groups in total. The first kappa shape index (κ1) is 14.1. The Balaban J connectivity index is 1.58. The highest BCUT2D eigenvalue weighted by Gasteiger charge is 2.42. The summed E-state index contributed by atoms with van der Waals surface area (Å²) in [5.41, 5.74) is 1.27. The predicted molar refractivity (Wildman–Crippen MR) is 75.9 cm³/mol. The highest BCUT2D eigenvalue weighted by atomic mass is 16.5. The Hall–Kier alpha value is -1.88. The number of benzene rings is 1. The van der Waals surface area contributed by atoms with Gasteiger partial charge in [-0.15, -0.1) is 0 Å². The number of rotatable bonds is 4. The number of carboxylic acids is 1. The van der Waals surface area contributed by atoms with Crippen LogP contribution in [0.3, 0.4) is 0 Å². The fourth-order valence-electron chi connectivity index (χ4n) is 3.03. The highest BCUT2D eigenvalue weighted by molar-refractivity contribution is 5.84. The Morgan fingerprint density at radius 1 is 1.29 bits per heavy atom. The van der Waals surface area contributed by atoms with Gasteiger partial charge in [0.2, 0.25) is 5.91 Å². The van der Waals surface area contributed by atoms with Crippen LogP contribution in [0.25, 0.3) is 0 Å². The van der Waals surface area contributed by atoms with Crippen molar-refractivity contribution in [1.29, 1.82) is 0 Å². The minimum atomic E-state index is -0.988. The lowest BCUT2D eigenvalue weighted by Crippen LogP contribution is -2.52. The number of hydrogen-bond donors (Lipinski definition) is 1. The van der Waals surface area contributed by atoms with Crippen molar-refractivity contribution in [3.63, 3.8) is 0 Å². The molecule has 21 heavy (non-hydrogen) atoms. The molecule has 3 atom stereocenters. The number of amides is 1. The lowest BCUT2D eigenvalue weighted by molar-refractivity contribution is -0.158. The average molecular weight is 289 g/mol. The van der Waals surface area contributed by atoms with Gasteiger partial charge in [0.05, 0.1) is 13.2 Å². The number of hydrogen-bond acceptors (Lipinski definition) is 3. The van der Waals surface area contributed by atoms with Gasteiger partial charge in [0.1, 0.15) is 0 Å². The molecule has 0 aromatic heterocycles. The molecule has 1 aliphatic heterocycles. The fraction of sp³-hybridized carbons (Fsp3) is 0.500. The van der Waals surface area contributed by atoms with Gasteiger partial charge in [-0.25, -0.2) is 4.79 Å². The molecule has 2 aliphatic rings. The van der Waals surface area contributed by atoms with Crippen LogP contribution in [0.15, 0.2) is 30.3 Å². The molecule has 2 fully saturated rings. The minimum Gasteiger partial charge on any atom is -0.480 e. The number of morpholine rings is 1. The first-order valence-electron chi connectivity index (χ1n) is 7.32. The van der Waals surface area contributed by atoms with Crippen LogP contribution in [-0.2, 0) is 14.3 Å². The predicted octanol–water partition coefficient (Wildman–Crippen LogP) is 1.49. The topological polar surface area (TPSA) is 66.8 Å². The van der Waals surface area contributed by atoms with Crippen molar-refractivity contribution in [2.75, 3.05) is 19.8 Å². The number of ether oxygens (including phenoxy) is 1. The third-order valence-corrected chi connectivity index (χ3v) is 4.32. The fourth-order valence-corrected chi connectivity index (χ4v) is 3.03. The molecule has 112 valence electrons. The Morgan fingerprint density at radius 2 is 2.05 bits per heavy atom. The van der Waals surface area contributed by atoms with Crippen molar-refractivity contribution in [2.45, 2.75) is 24.8 Å². The summed E-state index contributed by atoms with van der Waals surface area (Å²) < 4.78 is 5.16. The van der Waals surface area contributed by atoms with E-state index < -0.39 is 12.0 Å². The van der Waals surface area contributed by atoms with Crippen molar-refractivity contribution >= 4 is 11.9 Å². The summed E-state index contributed by atoms with van der Waals surface area (Å²) in [7, 11) is 0. The Morgan fingerprint density at radius 3 is 2.76 bits per heavy atom. The third-order valence-electron chi connectivity index (χ3n) is 4.32. The van der Waals surface area contributed by atoms with E-state index in [1.165, 1.54) is 10.5 Å². The van der Waals surface area contributed by atoms with E-state index in [-0.39, 0.29) is 12.5 Å². The lowest BCUT2D eigenvalue weighted by atomic mass is 10.1. The van der Waals surface area contributed by atoms with Crippen molar-refractivity contribution in [2.24, 2.45) is 5.92 Å². The van der Waals surface area contributed by atoms with Crippen LogP contribution < -0.4 is 0 Å². The minimum absolute atomic E-state index is 0.0610. The highest BCUT2D eigenvalue weighted by Crippen LogP contribution is 2.49. The molecule has 1 aromatic rings. The lowest BCUT2D eigenvalue weighted by Gasteiger charge is -2.33.